The summed E-state index contributed by atoms with van der Waals surface area (Å²) in [6, 6.07) is 18.2. The van der Waals surface area contributed by atoms with Crippen molar-refractivity contribution >= 4 is 28.8 Å². The number of fused-ring (bicyclic) bond motifs is 1. The van der Waals surface area contributed by atoms with Gasteiger partial charge in [0, 0.05) is 19.8 Å². The second-order valence-electron chi connectivity index (χ2n) is 5.58. The minimum atomic E-state index is 0.562. The zero-order chi connectivity index (χ0) is 16.2. The van der Waals surface area contributed by atoms with Crippen molar-refractivity contribution in [3.63, 3.8) is 0 Å². The summed E-state index contributed by atoms with van der Waals surface area (Å²) < 4.78 is 0. The molecule has 1 aliphatic rings. The maximum absolute atomic E-state index is 9.50. The molecule has 0 unspecified atom stereocenters. The Bertz CT molecular complexity index is 808. The van der Waals surface area contributed by atoms with Crippen LogP contribution < -0.4 is 10.2 Å². The molecule has 3 rings (SSSR count). The van der Waals surface area contributed by atoms with E-state index in [-0.39, 0.29) is 0 Å². The lowest BCUT2D eigenvalue weighted by atomic mass is 10.1. The predicted octanol–water partition coefficient (Wildman–Crippen LogP) is 3.86. The summed E-state index contributed by atoms with van der Waals surface area (Å²) in [5.74, 6) is 0. The van der Waals surface area contributed by atoms with E-state index < -0.39 is 0 Å². The number of hydrogen-bond acceptors (Lipinski definition) is 4. The predicted molar refractivity (Wildman–Crippen MR) is 96.4 cm³/mol. The quantitative estimate of drug-likeness (QED) is 0.876. The van der Waals surface area contributed by atoms with Gasteiger partial charge in [0.05, 0.1) is 29.2 Å². The van der Waals surface area contributed by atoms with Crippen LogP contribution in [0.25, 0.3) is 6.08 Å². The third kappa shape index (κ3) is 3.24. The summed E-state index contributed by atoms with van der Waals surface area (Å²) in [7, 11) is 4.01. The van der Waals surface area contributed by atoms with Crippen LogP contribution in [0.1, 0.15) is 5.56 Å². The first-order valence-electron chi connectivity index (χ1n) is 7.47. The van der Waals surface area contributed by atoms with E-state index in [9.17, 15) is 5.26 Å². The van der Waals surface area contributed by atoms with E-state index in [1.807, 2.05) is 73.6 Å². The van der Waals surface area contributed by atoms with Gasteiger partial charge < -0.3 is 10.2 Å². The van der Waals surface area contributed by atoms with Crippen molar-refractivity contribution in [3.8, 4) is 6.07 Å². The standard InChI is InChI=1S/C19H18N4/c1-23(2)16-9-7-14(8-10-16)11-15(12-20)19-13-21-17-5-3-4-6-18(17)22-19/h3-11,21H,13H2,1-2H3/b15-11+. The minimum Gasteiger partial charge on any atom is -0.378 e. The molecule has 1 heterocycles. The maximum Gasteiger partial charge on any atom is 0.101 e. The number of para-hydroxylation sites is 2. The highest BCUT2D eigenvalue weighted by Crippen LogP contribution is 2.28. The van der Waals surface area contributed by atoms with Crippen molar-refractivity contribution in [3.05, 3.63) is 59.7 Å². The number of nitrogens with zero attached hydrogens (tertiary/aromatic N) is 3. The lowest BCUT2D eigenvalue weighted by molar-refractivity contribution is 1.13. The number of nitrogens with one attached hydrogen (secondary N) is 1. The molecule has 1 aliphatic heterocycles. The molecule has 0 saturated carbocycles. The van der Waals surface area contributed by atoms with Crippen molar-refractivity contribution < 1.29 is 0 Å². The smallest absolute Gasteiger partial charge is 0.101 e. The highest BCUT2D eigenvalue weighted by Gasteiger charge is 2.14. The van der Waals surface area contributed by atoms with Crippen LogP contribution in [0.3, 0.4) is 0 Å². The molecule has 0 amide bonds. The molecule has 23 heavy (non-hydrogen) atoms. The number of anilines is 2. The number of aliphatic imine (C=N–C) groups is 1. The van der Waals surface area contributed by atoms with E-state index in [0.29, 0.717) is 12.1 Å². The molecule has 0 fully saturated rings. The van der Waals surface area contributed by atoms with Crippen molar-refractivity contribution in [1.29, 1.82) is 5.26 Å². The van der Waals surface area contributed by atoms with E-state index in [4.69, 9.17) is 0 Å². The Morgan fingerprint density at radius 1 is 1.17 bits per heavy atom. The van der Waals surface area contributed by atoms with E-state index in [2.05, 4.69) is 16.4 Å². The van der Waals surface area contributed by atoms with Crippen LogP contribution in [0.2, 0.25) is 0 Å². The first-order valence-corrected chi connectivity index (χ1v) is 7.47. The fraction of sp³-hybridized carbons (Fsp3) is 0.158. The van der Waals surface area contributed by atoms with Gasteiger partial charge in [-0.1, -0.05) is 24.3 Å². The lowest BCUT2D eigenvalue weighted by Crippen LogP contribution is -2.19. The fourth-order valence-electron chi connectivity index (χ4n) is 2.46. The van der Waals surface area contributed by atoms with Crippen LogP contribution >= 0.6 is 0 Å². The fourth-order valence-corrected chi connectivity index (χ4v) is 2.46. The first kappa shape index (κ1) is 14.9. The first-order chi connectivity index (χ1) is 11.2. The molecule has 0 aliphatic carbocycles. The van der Waals surface area contributed by atoms with Crippen LogP contribution in [-0.2, 0) is 0 Å². The van der Waals surface area contributed by atoms with Crippen LogP contribution in [-0.4, -0.2) is 26.4 Å². The van der Waals surface area contributed by atoms with E-state index in [1.54, 1.807) is 0 Å². The van der Waals surface area contributed by atoms with Crippen LogP contribution in [0.15, 0.2) is 59.1 Å². The Morgan fingerprint density at radius 3 is 2.61 bits per heavy atom. The Labute approximate surface area is 136 Å². The Kier molecular flexibility index (Phi) is 4.11. The normalized spacial score (nSPS) is 13.4. The van der Waals surface area contributed by atoms with E-state index in [1.165, 1.54) is 0 Å². The third-order valence-corrected chi connectivity index (χ3v) is 3.76. The van der Waals surface area contributed by atoms with Gasteiger partial charge >= 0.3 is 0 Å². The average Bonchev–Trinajstić information content (AvgIpc) is 2.59. The van der Waals surface area contributed by atoms with Crippen LogP contribution in [0, 0.1) is 11.3 Å². The van der Waals surface area contributed by atoms with Gasteiger partial charge in [-0.25, -0.2) is 4.99 Å². The summed E-state index contributed by atoms with van der Waals surface area (Å²) >= 11 is 0. The van der Waals surface area contributed by atoms with Crippen LogP contribution in [0.4, 0.5) is 17.1 Å². The van der Waals surface area contributed by atoms with Gasteiger partial charge in [0.25, 0.3) is 0 Å². The summed E-state index contributed by atoms with van der Waals surface area (Å²) in [4.78, 5) is 6.66. The second kappa shape index (κ2) is 6.37. The molecule has 114 valence electrons. The topological polar surface area (TPSA) is 51.4 Å². The SMILES string of the molecule is CN(C)c1ccc(/C=C(\C#N)C2=Nc3ccccc3NC2)cc1. The number of hydrogen-bond donors (Lipinski definition) is 1. The monoisotopic (exact) mass is 302 g/mol. The zero-order valence-electron chi connectivity index (χ0n) is 13.2. The van der Waals surface area contributed by atoms with Gasteiger partial charge in [-0.2, -0.15) is 5.26 Å². The lowest BCUT2D eigenvalue weighted by Gasteiger charge is -2.17. The number of benzene rings is 2. The molecule has 4 nitrogen and oxygen atoms in total. The third-order valence-electron chi connectivity index (χ3n) is 3.76. The van der Waals surface area contributed by atoms with Gasteiger partial charge in [-0.3, -0.25) is 0 Å². The molecule has 0 radical (unpaired) electrons. The molecular weight excluding hydrogens is 284 g/mol. The summed E-state index contributed by atoms with van der Waals surface area (Å²) in [6.07, 6.45) is 1.88. The molecule has 2 aromatic rings. The number of rotatable bonds is 3. The van der Waals surface area contributed by atoms with E-state index in [0.717, 1.165) is 28.3 Å². The second-order valence-corrected chi connectivity index (χ2v) is 5.58. The Morgan fingerprint density at radius 2 is 1.91 bits per heavy atom. The summed E-state index contributed by atoms with van der Waals surface area (Å²) in [6.45, 7) is 0.562. The number of nitriles is 1. The van der Waals surface area contributed by atoms with Crippen molar-refractivity contribution in [2.45, 2.75) is 0 Å². The summed E-state index contributed by atoms with van der Waals surface area (Å²) in [5.41, 5.74) is 5.36. The molecule has 0 spiro atoms. The largest absolute Gasteiger partial charge is 0.378 e. The van der Waals surface area contributed by atoms with Crippen molar-refractivity contribution in [1.82, 2.24) is 0 Å². The Hall–Kier alpha value is -3.06. The molecule has 2 aromatic carbocycles. The molecule has 0 saturated heterocycles. The van der Waals surface area contributed by atoms with Gasteiger partial charge in [0.1, 0.15) is 6.07 Å². The maximum atomic E-state index is 9.50. The van der Waals surface area contributed by atoms with Gasteiger partial charge in [0.2, 0.25) is 0 Å². The van der Waals surface area contributed by atoms with E-state index >= 15 is 0 Å². The Balaban J connectivity index is 1.91. The molecule has 1 N–H and O–H groups in total. The molecular formula is C19H18N4. The molecule has 0 atom stereocenters. The summed E-state index contributed by atoms with van der Waals surface area (Å²) in [5, 5.41) is 12.8. The average molecular weight is 302 g/mol. The van der Waals surface area contributed by atoms with Crippen molar-refractivity contribution in [2.75, 3.05) is 30.9 Å². The van der Waals surface area contributed by atoms with Gasteiger partial charge in [-0.15, -0.1) is 0 Å². The molecule has 4 heteroatoms. The van der Waals surface area contributed by atoms with Gasteiger partial charge in [0.15, 0.2) is 0 Å². The highest BCUT2D eigenvalue weighted by molar-refractivity contribution is 6.12. The minimum absolute atomic E-state index is 0.562. The highest BCUT2D eigenvalue weighted by atomic mass is 15.1. The van der Waals surface area contributed by atoms with Gasteiger partial charge in [-0.05, 0) is 35.9 Å². The van der Waals surface area contributed by atoms with Crippen molar-refractivity contribution in [2.24, 2.45) is 4.99 Å². The molecule has 0 aromatic heterocycles. The zero-order valence-corrected chi connectivity index (χ0v) is 13.2. The van der Waals surface area contributed by atoms with Crippen LogP contribution in [0.5, 0.6) is 0 Å². The molecule has 0 bridgehead atoms.